The predicted molar refractivity (Wildman–Crippen MR) is 156 cm³/mol. The van der Waals surface area contributed by atoms with E-state index in [1.54, 1.807) is 28.0 Å². The van der Waals surface area contributed by atoms with Gasteiger partial charge < -0.3 is 4.74 Å². The maximum absolute atomic E-state index is 13.6. The summed E-state index contributed by atoms with van der Waals surface area (Å²) in [5.41, 5.74) is 3.53. The van der Waals surface area contributed by atoms with Crippen molar-refractivity contribution in [3.8, 4) is 0 Å². The lowest BCUT2D eigenvalue weighted by atomic mass is 9.90. The highest BCUT2D eigenvalue weighted by molar-refractivity contribution is 8.00. The van der Waals surface area contributed by atoms with Crippen LogP contribution in [-0.4, -0.2) is 43.1 Å². The third-order valence-corrected chi connectivity index (χ3v) is 9.61. The quantitative estimate of drug-likeness (QED) is 0.161. The van der Waals surface area contributed by atoms with E-state index in [2.05, 4.69) is 24.0 Å². The number of hydrogen-bond donors (Lipinski definition) is 0. The molecule has 0 spiro atoms. The van der Waals surface area contributed by atoms with Crippen LogP contribution in [0.5, 0.6) is 0 Å². The first kappa shape index (κ1) is 25.4. The minimum absolute atomic E-state index is 0.0346. The lowest BCUT2D eigenvalue weighted by molar-refractivity contribution is -0.115. The fourth-order valence-electron chi connectivity index (χ4n) is 4.76. The van der Waals surface area contributed by atoms with Crippen molar-refractivity contribution in [2.45, 2.75) is 49.2 Å². The largest absolute Gasteiger partial charge is 0.369 e. The number of nitrogens with zero attached hydrogens (tertiary/aromatic N) is 5. The highest BCUT2D eigenvalue weighted by atomic mass is 32.2. The highest BCUT2D eigenvalue weighted by Gasteiger charge is 2.33. The molecule has 4 heterocycles. The molecule has 10 heteroatoms. The SMILES string of the molecule is CC[C@@]1(C)Cc2c(sc3nc(SC)n4c(SCC(=O)N(c5ccccc5)c5ccccc5)nnc4c23)CO1. The van der Waals surface area contributed by atoms with Gasteiger partial charge in [-0.15, -0.1) is 21.5 Å². The number of amides is 1. The molecule has 0 fully saturated rings. The lowest BCUT2D eigenvalue weighted by Crippen LogP contribution is -2.33. The van der Waals surface area contributed by atoms with Crippen LogP contribution in [-0.2, 0) is 22.6 Å². The smallest absolute Gasteiger partial charge is 0.242 e. The van der Waals surface area contributed by atoms with Crippen molar-refractivity contribution in [1.82, 2.24) is 19.6 Å². The molecule has 38 heavy (non-hydrogen) atoms. The summed E-state index contributed by atoms with van der Waals surface area (Å²) in [6.07, 6.45) is 3.77. The van der Waals surface area contributed by atoms with Gasteiger partial charge in [-0.1, -0.05) is 66.8 Å². The first-order valence-electron chi connectivity index (χ1n) is 12.4. The summed E-state index contributed by atoms with van der Waals surface area (Å²) in [6, 6.07) is 19.4. The second-order valence-corrected chi connectivity index (χ2v) is 12.2. The molecule has 2 aromatic carbocycles. The average Bonchev–Trinajstić information content (AvgIpc) is 3.53. The normalized spacial score (nSPS) is 17.1. The van der Waals surface area contributed by atoms with Crippen LogP contribution in [0.15, 0.2) is 71.0 Å². The van der Waals surface area contributed by atoms with Crippen LogP contribution < -0.4 is 4.90 Å². The molecule has 1 aliphatic rings. The molecule has 0 aliphatic carbocycles. The molecule has 3 aromatic heterocycles. The minimum atomic E-state index is -0.196. The Kier molecular flexibility index (Phi) is 6.90. The van der Waals surface area contributed by atoms with Gasteiger partial charge in [0.25, 0.3) is 0 Å². The second-order valence-electron chi connectivity index (χ2n) is 9.38. The Morgan fingerprint density at radius 2 is 1.76 bits per heavy atom. The van der Waals surface area contributed by atoms with E-state index in [9.17, 15) is 4.79 Å². The van der Waals surface area contributed by atoms with Crippen molar-refractivity contribution in [1.29, 1.82) is 0 Å². The molecule has 0 N–H and O–H groups in total. The van der Waals surface area contributed by atoms with Crippen molar-refractivity contribution in [2.24, 2.45) is 0 Å². The van der Waals surface area contributed by atoms with E-state index in [1.807, 2.05) is 71.3 Å². The summed E-state index contributed by atoms with van der Waals surface area (Å²) >= 11 is 4.63. The number of aromatic nitrogens is 4. The molecule has 194 valence electrons. The average molecular weight is 562 g/mol. The van der Waals surface area contributed by atoms with Crippen LogP contribution >= 0.6 is 34.9 Å². The monoisotopic (exact) mass is 561 g/mol. The number of carbonyl (C=O) groups excluding carboxylic acids is 1. The number of ether oxygens (including phenoxy) is 1. The van der Waals surface area contributed by atoms with E-state index in [1.165, 1.54) is 22.2 Å². The van der Waals surface area contributed by atoms with Crippen molar-refractivity contribution in [3.63, 3.8) is 0 Å². The number of para-hydroxylation sites is 2. The minimum Gasteiger partial charge on any atom is -0.369 e. The van der Waals surface area contributed by atoms with Gasteiger partial charge in [0, 0.05) is 22.7 Å². The lowest BCUT2D eigenvalue weighted by Gasteiger charge is -2.33. The number of carbonyl (C=O) groups is 1. The molecular weight excluding hydrogens is 535 g/mol. The van der Waals surface area contributed by atoms with Gasteiger partial charge in [0.1, 0.15) is 4.83 Å². The van der Waals surface area contributed by atoms with Crippen LogP contribution in [0, 0.1) is 0 Å². The van der Waals surface area contributed by atoms with Gasteiger partial charge in [0.15, 0.2) is 16.0 Å². The first-order valence-corrected chi connectivity index (χ1v) is 15.5. The number of fused-ring (bicyclic) bond motifs is 5. The van der Waals surface area contributed by atoms with Crippen molar-refractivity contribution < 1.29 is 9.53 Å². The molecule has 1 amide bonds. The molecule has 0 saturated carbocycles. The van der Waals surface area contributed by atoms with Crippen molar-refractivity contribution in [2.75, 3.05) is 16.9 Å². The Bertz CT molecular complexity index is 1580. The van der Waals surface area contributed by atoms with E-state index in [4.69, 9.17) is 9.72 Å². The Morgan fingerprint density at radius 1 is 1.08 bits per heavy atom. The van der Waals surface area contributed by atoms with Gasteiger partial charge in [-0.2, -0.15) is 0 Å². The number of hydrogen-bond acceptors (Lipinski definition) is 8. The summed E-state index contributed by atoms with van der Waals surface area (Å²) in [5, 5.41) is 11.7. The number of thiophene rings is 1. The topological polar surface area (TPSA) is 72.6 Å². The number of benzene rings is 2. The van der Waals surface area contributed by atoms with Gasteiger partial charge in [-0.3, -0.25) is 9.69 Å². The molecule has 7 nitrogen and oxygen atoms in total. The van der Waals surface area contributed by atoms with E-state index in [0.29, 0.717) is 11.8 Å². The van der Waals surface area contributed by atoms with E-state index in [-0.39, 0.29) is 17.3 Å². The van der Waals surface area contributed by atoms with Crippen LogP contribution in [0.3, 0.4) is 0 Å². The Balaban J connectivity index is 1.36. The molecule has 5 aromatic rings. The summed E-state index contributed by atoms with van der Waals surface area (Å²) in [6.45, 7) is 4.93. The zero-order valence-corrected chi connectivity index (χ0v) is 23.8. The highest BCUT2D eigenvalue weighted by Crippen LogP contribution is 2.42. The Labute approximate surface area is 233 Å². The molecular formula is C28H27N5O2S3. The summed E-state index contributed by atoms with van der Waals surface area (Å²) in [7, 11) is 0. The standard InChI is InChI=1S/C28H27N5O2S3/c1-4-28(2)15-20-21(16-35-28)38-25-23(20)24-30-31-27(33(24)26(29-25)36-3)37-17-22(34)32(18-11-7-5-8-12-18)19-13-9-6-10-14-19/h5-14H,4,15-17H2,1-3H3/t28-/m0/s1. The Hall–Kier alpha value is -2.92. The zero-order chi connectivity index (χ0) is 26.3. The van der Waals surface area contributed by atoms with E-state index >= 15 is 0 Å². The van der Waals surface area contributed by atoms with Crippen molar-refractivity contribution in [3.05, 3.63) is 71.1 Å². The molecule has 1 atom stereocenters. The fraction of sp³-hybridized carbons (Fsp3) is 0.286. The van der Waals surface area contributed by atoms with Gasteiger partial charge in [-0.25, -0.2) is 9.38 Å². The summed E-state index contributed by atoms with van der Waals surface area (Å²) < 4.78 is 8.20. The van der Waals surface area contributed by atoms with Crippen LogP contribution in [0.2, 0.25) is 0 Å². The second kappa shape index (κ2) is 10.3. The Morgan fingerprint density at radius 3 is 2.39 bits per heavy atom. The summed E-state index contributed by atoms with van der Waals surface area (Å²) in [5.74, 6) is 0.174. The predicted octanol–water partition coefficient (Wildman–Crippen LogP) is 6.76. The molecule has 0 unspecified atom stereocenters. The molecule has 0 saturated heterocycles. The van der Waals surface area contributed by atoms with E-state index in [0.717, 1.165) is 45.2 Å². The molecule has 0 radical (unpaired) electrons. The third-order valence-electron chi connectivity index (χ3n) is 6.95. The van der Waals surface area contributed by atoms with Gasteiger partial charge in [-0.05, 0) is 49.4 Å². The first-order chi connectivity index (χ1) is 18.5. The molecule has 1 aliphatic heterocycles. The number of anilines is 2. The fourth-order valence-corrected chi connectivity index (χ4v) is 7.29. The van der Waals surface area contributed by atoms with Gasteiger partial charge >= 0.3 is 0 Å². The van der Waals surface area contributed by atoms with Gasteiger partial charge in [0.2, 0.25) is 5.91 Å². The van der Waals surface area contributed by atoms with Crippen molar-refractivity contribution >= 4 is 68.0 Å². The van der Waals surface area contributed by atoms with Gasteiger partial charge in [0.05, 0.1) is 23.3 Å². The zero-order valence-electron chi connectivity index (χ0n) is 21.4. The third kappa shape index (κ3) is 4.49. The number of rotatable bonds is 7. The van der Waals surface area contributed by atoms with Crippen LogP contribution in [0.4, 0.5) is 11.4 Å². The number of thioether (sulfide) groups is 2. The maximum atomic E-state index is 13.6. The van der Waals surface area contributed by atoms with E-state index < -0.39 is 0 Å². The molecule has 0 bridgehead atoms. The molecule has 6 rings (SSSR count). The maximum Gasteiger partial charge on any atom is 0.242 e. The van der Waals surface area contributed by atoms with Crippen LogP contribution in [0.1, 0.15) is 30.7 Å². The summed E-state index contributed by atoms with van der Waals surface area (Å²) in [4.78, 5) is 22.5. The van der Waals surface area contributed by atoms with Crippen LogP contribution in [0.25, 0.3) is 15.9 Å².